The molecule has 1 fully saturated rings. The monoisotopic (exact) mass is 554 g/mol. The second-order valence-electron chi connectivity index (χ2n) is 9.39. The molecular formula is C27H32F2N8O3. The second-order valence-corrected chi connectivity index (χ2v) is 9.39. The maximum Gasteiger partial charge on any atom is 0.255 e. The Bertz CT molecular complexity index is 1350. The molecular weight excluding hydrogens is 522 g/mol. The molecule has 1 atom stereocenters. The Balaban J connectivity index is 1.64. The summed E-state index contributed by atoms with van der Waals surface area (Å²) in [7, 11) is 7.42. The Kier molecular flexibility index (Phi) is 9.07. The molecule has 1 saturated heterocycles. The molecule has 2 aromatic carbocycles. The molecule has 11 nitrogen and oxygen atoms in total. The largest absolute Gasteiger partial charge is 0.494 e. The molecule has 1 aromatic heterocycles. The maximum atomic E-state index is 13.9. The summed E-state index contributed by atoms with van der Waals surface area (Å²) in [6, 6.07) is 6.37. The summed E-state index contributed by atoms with van der Waals surface area (Å²) >= 11 is 0. The number of hydroxylamine groups is 1. The van der Waals surface area contributed by atoms with Gasteiger partial charge in [0.15, 0.2) is 0 Å². The highest BCUT2D eigenvalue weighted by molar-refractivity contribution is 6.02. The minimum absolute atomic E-state index is 0.156. The fourth-order valence-corrected chi connectivity index (χ4v) is 4.22. The van der Waals surface area contributed by atoms with E-state index in [1.54, 1.807) is 12.1 Å². The molecule has 2 heterocycles. The minimum atomic E-state index is -0.679. The van der Waals surface area contributed by atoms with Crippen LogP contribution in [0.15, 0.2) is 49.3 Å². The first kappa shape index (κ1) is 28.6. The highest BCUT2D eigenvalue weighted by Gasteiger charge is 2.31. The van der Waals surface area contributed by atoms with E-state index in [9.17, 15) is 13.6 Å². The summed E-state index contributed by atoms with van der Waals surface area (Å²) in [5.74, 6) is -0.923. The van der Waals surface area contributed by atoms with Gasteiger partial charge in [0.2, 0.25) is 11.9 Å². The van der Waals surface area contributed by atoms with Crippen molar-refractivity contribution in [1.82, 2.24) is 19.9 Å². The Morgan fingerprint density at radius 1 is 1.15 bits per heavy atom. The van der Waals surface area contributed by atoms with Gasteiger partial charge in [-0.2, -0.15) is 9.97 Å². The van der Waals surface area contributed by atoms with Crippen molar-refractivity contribution in [3.63, 3.8) is 0 Å². The summed E-state index contributed by atoms with van der Waals surface area (Å²) in [4.78, 5) is 34.9. The Labute approximate surface area is 231 Å². The lowest BCUT2D eigenvalue weighted by Gasteiger charge is -2.26. The van der Waals surface area contributed by atoms with Crippen molar-refractivity contribution in [2.45, 2.75) is 12.5 Å². The zero-order chi connectivity index (χ0) is 28.8. The van der Waals surface area contributed by atoms with Gasteiger partial charge in [0.25, 0.3) is 5.95 Å². The number of carbonyl (C=O) groups excluding carboxylic acids is 1. The molecule has 0 bridgehead atoms. The summed E-state index contributed by atoms with van der Waals surface area (Å²) in [5, 5.41) is 7.37. The third kappa shape index (κ3) is 6.79. The summed E-state index contributed by atoms with van der Waals surface area (Å²) in [6.07, 6.45) is 2.97. The summed E-state index contributed by atoms with van der Waals surface area (Å²) in [5.41, 5.74) is 2.16. The number of nitrogens with one attached hydrogen (secondary N) is 2. The van der Waals surface area contributed by atoms with Crippen LogP contribution in [0.25, 0.3) is 0 Å². The quantitative estimate of drug-likeness (QED) is 0.339. The third-order valence-corrected chi connectivity index (χ3v) is 6.23. The minimum Gasteiger partial charge on any atom is -0.494 e. The molecule has 1 amide bonds. The number of carbonyl (C=O) groups is 1. The van der Waals surface area contributed by atoms with Gasteiger partial charge in [0.1, 0.15) is 23.7 Å². The molecule has 2 N–H and O–H groups in total. The molecule has 0 radical (unpaired) electrons. The number of aromatic nitrogens is 3. The lowest BCUT2D eigenvalue weighted by molar-refractivity contribution is -0.111. The van der Waals surface area contributed by atoms with Crippen molar-refractivity contribution in [3.8, 4) is 5.75 Å². The highest BCUT2D eigenvalue weighted by atomic mass is 19.1. The van der Waals surface area contributed by atoms with Crippen molar-refractivity contribution in [3.05, 3.63) is 66.5 Å². The molecule has 212 valence electrons. The fraction of sp³-hybridized carbons (Fsp3) is 0.333. The van der Waals surface area contributed by atoms with Crippen LogP contribution in [0.5, 0.6) is 5.75 Å². The summed E-state index contributed by atoms with van der Waals surface area (Å²) in [6.45, 7) is 5.35. The lowest BCUT2D eigenvalue weighted by atomic mass is 10.0. The smallest absolute Gasteiger partial charge is 0.255 e. The first-order chi connectivity index (χ1) is 19.2. The normalized spacial score (nSPS) is 14.8. The van der Waals surface area contributed by atoms with Crippen LogP contribution in [0, 0.1) is 11.6 Å². The van der Waals surface area contributed by atoms with Crippen molar-refractivity contribution in [2.24, 2.45) is 0 Å². The van der Waals surface area contributed by atoms with Gasteiger partial charge in [-0.1, -0.05) is 6.58 Å². The summed E-state index contributed by atoms with van der Waals surface area (Å²) < 4.78 is 33.4. The van der Waals surface area contributed by atoms with E-state index in [1.807, 2.05) is 26.0 Å². The average molecular weight is 555 g/mol. The first-order valence-corrected chi connectivity index (χ1v) is 12.5. The molecule has 0 saturated carbocycles. The molecule has 0 spiro atoms. The van der Waals surface area contributed by atoms with Crippen LogP contribution in [0.3, 0.4) is 0 Å². The van der Waals surface area contributed by atoms with E-state index in [2.05, 4.69) is 37.1 Å². The Hall–Kier alpha value is -4.36. The Morgan fingerprint density at radius 3 is 2.58 bits per heavy atom. The van der Waals surface area contributed by atoms with E-state index in [4.69, 9.17) is 9.57 Å². The van der Waals surface area contributed by atoms with Gasteiger partial charge in [-0.3, -0.25) is 9.63 Å². The molecule has 40 heavy (non-hydrogen) atoms. The molecule has 0 aliphatic carbocycles. The number of likely N-dealkylation sites (N-methyl/N-ethyl adjacent to an activating group) is 2. The number of methoxy groups -OCH3 is 1. The Morgan fingerprint density at radius 2 is 1.90 bits per heavy atom. The highest BCUT2D eigenvalue weighted by Crippen LogP contribution is 2.38. The van der Waals surface area contributed by atoms with Crippen LogP contribution in [-0.4, -0.2) is 73.7 Å². The number of ether oxygens (including phenoxy) is 1. The zero-order valence-corrected chi connectivity index (χ0v) is 22.8. The van der Waals surface area contributed by atoms with Crippen LogP contribution < -0.4 is 25.3 Å². The van der Waals surface area contributed by atoms with Gasteiger partial charge < -0.3 is 25.2 Å². The number of hydrogen-bond donors (Lipinski definition) is 2. The van der Waals surface area contributed by atoms with E-state index in [-0.39, 0.29) is 17.8 Å². The van der Waals surface area contributed by atoms with Gasteiger partial charge >= 0.3 is 0 Å². The van der Waals surface area contributed by atoms with Crippen LogP contribution in [0.4, 0.5) is 37.7 Å². The van der Waals surface area contributed by atoms with Gasteiger partial charge in [0, 0.05) is 38.7 Å². The third-order valence-electron chi connectivity index (χ3n) is 6.23. The van der Waals surface area contributed by atoms with E-state index < -0.39 is 17.7 Å². The van der Waals surface area contributed by atoms with Crippen LogP contribution in [0.2, 0.25) is 0 Å². The maximum absolute atomic E-state index is 13.9. The van der Waals surface area contributed by atoms with Gasteiger partial charge in [-0.15, -0.1) is 0 Å². The first-order valence-electron chi connectivity index (χ1n) is 12.5. The SMILES string of the molecule is C=CC(=O)Nc1cc(Nc2ncnc(N3OCCC3c3cc(F)cc(F)c3)n2)c(OC)cc1N(C)CCN(C)C. The number of nitrogens with zero attached hydrogens (tertiary/aromatic N) is 6. The van der Waals surface area contributed by atoms with E-state index in [0.29, 0.717) is 42.3 Å². The standard InChI is InChI=1S/C27H32F2N8O3/c1-6-25(38)32-20-14-21(24(39-5)15-23(20)36(4)9-8-35(2)3)33-26-30-16-31-27(34-26)37-22(7-10-40-37)17-11-18(28)13-19(29)12-17/h6,11-16,22H,1,7-10H2,2-5H3,(H,32,38)(H,30,31,33,34). The van der Waals surface area contributed by atoms with Crippen molar-refractivity contribution in [2.75, 3.05) is 68.5 Å². The van der Waals surface area contributed by atoms with E-state index in [0.717, 1.165) is 18.3 Å². The molecule has 1 aliphatic rings. The van der Waals surface area contributed by atoms with Gasteiger partial charge in [-0.05, 0) is 43.9 Å². The number of rotatable bonds is 11. The number of benzene rings is 2. The lowest BCUT2D eigenvalue weighted by Crippen LogP contribution is -2.29. The van der Waals surface area contributed by atoms with Gasteiger partial charge in [0.05, 0.1) is 36.8 Å². The number of halogens is 2. The van der Waals surface area contributed by atoms with Gasteiger partial charge in [-0.25, -0.2) is 18.8 Å². The van der Waals surface area contributed by atoms with Crippen LogP contribution in [-0.2, 0) is 9.63 Å². The fourth-order valence-electron chi connectivity index (χ4n) is 4.22. The van der Waals surface area contributed by atoms with Crippen molar-refractivity contribution < 1.29 is 23.1 Å². The van der Waals surface area contributed by atoms with Crippen LogP contribution in [0.1, 0.15) is 18.0 Å². The van der Waals surface area contributed by atoms with E-state index >= 15 is 0 Å². The predicted octanol–water partition coefficient (Wildman–Crippen LogP) is 3.91. The number of hydrogen-bond acceptors (Lipinski definition) is 10. The predicted molar refractivity (Wildman–Crippen MR) is 149 cm³/mol. The zero-order valence-electron chi connectivity index (χ0n) is 22.8. The molecule has 1 aliphatic heterocycles. The number of anilines is 5. The average Bonchev–Trinajstić information content (AvgIpc) is 3.42. The van der Waals surface area contributed by atoms with Crippen molar-refractivity contribution >= 4 is 34.9 Å². The molecule has 13 heteroatoms. The molecule has 1 unspecified atom stereocenters. The topological polar surface area (TPSA) is 108 Å². The molecule has 4 rings (SSSR count). The number of amides is 1. The van der Waals surface area contributed by atoms with Crippen LogP contribution >= 0.6 is 0 Å². The van der Waals surface area contributed by atoms with Crippen molar-refractivity contribution in [1.29, 1.82) is 0 Å². The van der Waals surface area contributed by atoms with E-state index in [1.165, 1.54) is 36.7 Å². The molecule has 3 aromatic rings. The second kappa shape index (κ2) is 12.7.